The second kappa shape index (κ2) is 6.01. The highest BCUT2D eigenvalue weighted by Crippen LogP contribution is 2.01. The fraction of sp³-hybridized carbons (Fsp3) is 0.500. The molecule has 0 atom stereocenters. The smallest absolute Gasteiger partial charge is 0.341 e. The molecule has 19 heavy (non-hydrogen) atoms. The Kier molecular flexibility index (Phi) is 4.88. The lowest BCUT2D eigenvalue weighted by Gasteiger charge is -2.10. The Morgan fingerprint density at radius 2 is 1.95 bits per heavy atom. The fourth-order valence-electron chi connectivity index (χ4n) is 1.75. The van der Waals surface area contributed by atoms with Crippen molar-refractivity contribution in [2.45, 2.75) is 26.8 Å². The van der Waals surface area contributed by atoms with Gasteiger partial charge in [-0.25, -0.2) is 13.2 Å². The van der Waals surface area contributed by atoms with Crippen molar-refractivity contribution in [1.29, 1.82) is 0 Å². The Balaban J connectivity index is 3.06. The van der Waals surface area contributed by atoms with E-state index < -0.39 is 21.4 Å². The van der Waals surface area contributed by atoms with Gasteiger partial charge >= 0.3 is 5.97 Å². The lowest BCUT2D eigenvalue weighted by Crippen LogP contribution is -2.30. The topological polar surface area (TPSA) is 93.4 Å². The van der Waals surface area contributed by atoms with Crippen LogP contribution >= 0.6 is 0 Å². The largest absolute Gasteiger partial charge is 0.477 e. The molecule has 0 radical (unpaired) electrons. The van der Waals surface area contributed by atoms with Crippen molar-refractivity contribution in [3.05, 3.63) is 33.7 Å². The standard InChI is InChI=1S/C12H17NO5S/c1-3-7-19(17,18)8-6-13-9(2)4-5-10(11(13)14)12(15)16/h4-5H,3,6-8H2,1-2H3,(H,15,16). The molecule has 0 bridgehead atoms. The van der Waals surface area contributed by atoms with E-state index in [9.17, 15) is 18.0 Å². The van der Waals surface area contributed by atoms with Crippen LogP contribution in [0.5, 0.6) is 0 Å². The summed E-state index contributed by atoms with van der Waals surface area (Å²) in [5.74, 6) is -1.40. The van der Waals surface area contributed by atoms with Crippen LogP contribution in [0.3, 0.4) is 0 Å². The van der Waals surface area contributed by atoms with Gasteiger partial charge in [0.15, 0.2) is 9.84 Å². The first-order valence-corrected chi connectivity index (χ1v) is 7.75. The number of pyridine rings is 1. The minimum Gasteiger partial charge on any atom is -0.477 e. The summed E-state index contributed by atoms with van der Waals surface area (Å²) >= 11 is 0. The third-order valence-corrected chi connectivity index (χ3v) is 4.60. The summed E-state index contributed by atoms with van der Waals surface area (Å²) < 4.78 is 24.4. The second-order valence-electron chi connectivity index (χ2n) is 4.30. The number of aryl methyl sites for hydroxylation is 1. The number of carboxylic acids is 1. The molecule has 0 aliphatic rings. The van der Waals surface area contributed by atoms with Crippen molar-refractivity contribution in [2.24, 2.45) is 0 Å². The third-order valence-electron chi connectivity index (χ3n) is 2.76. The molecule has 0 fully saturated rings. The molecule has 0 saturated carbocycles. The van der Waals surface area contributed by atoms with E-state index in [2.05, 4.69) is 0 Å². The van der Waals surface area contributed by atoms with Gasteiger partial charge in [-0.1, -0.05) is 6.92 Å². The first-order chi connectivity index (χ1) is 8.78. The van der Waals surface area contributed by atoms with E-state index in [1.165, 1.54) is 16.7 Å². The minimum absolute atomic E-state index is 0.0197. The molecule has 0 amide bonds. The third kappa shape index (κ3) is 3.92. The van der Waals surface area contributed by atoms with Gasteiger partial charge < -0.3 is 9.67 Å². The second-order valence-corrected chi connectivity index (χ2v) is 6.61. The van der Waals surface area contributed by atoms with Crippen molar-refractivity contribution < 1.29 is 18.3 Å². The SMILES string of the molecule is CCCS(=O)(=O)CCn1c(C)ccc(C(=O)O)c1=O. The molecule has 0 aliphatic heterocycles. The fourth-order valence-corrected chi connectivity index (χ4v) is 3.04. The number of rotatable bonds is 6. The maximum absolute atomic E-state index is 11.9. The Bertz CT molecular complexity index is 630. The van der Waals surface area contributed by atoms with E-state index >= 15 is 0 Å². The average Bonchev–Trinajstić information content (AvgIpc) is 2.27. The maximum atomic E-state index is 11.9. The van der Waals surface area contributed by atoms with Crippen LogP contribution in [0.15, 0.2) is 16.9 Å². The first kappa shape index (κ1) is 15.4. The van der Waals surface area contributed by atoms with Crippen LogP contribution in [-0.4, -0.2) is 35.6 Å². The van der Waals surface area contributed by atoms with Crippen molar-refractivity contribution in [1.82, 2.24) is 4.57 Å². The highest BCUT2D eigenvalue weighted by Gasteiger charge is 2.15. The summed E-state index contributed by atoms with van der Waals surface area (Å²) in [4.78, 5) is 22.8. The van der Waals surface area contributed by atoms with Gasteiger partial charge in [0.1, 0.15) is 5.56 Å². The lowest BCUT2D eigenvalue weighted by atomic mass is 10.2. The molecule has 106 valence electrons. The van der Waals surface area contributed by atoms with Gasteiger partial charge in [0.05, 0.1) is 5.75 Å². The monoisotopic (exact) mass is 287 g/mol. The average molecular weight is 287 g/mol. The van der Waals surface area contributed by atoms with Gasteiger partial charge in [-0.3, -0.25) is 4.79 Å². The molecule has 1 heterocycles. The van der Waals surface area contributed by atoms with Crippen molar-refractivity contribution in [3.8, 4) is 0 Å². The van der Waals surface area contributed by atoms with E-state index in [0.717, 1.165) is 0 Å². The Morgan fingerprint density at radius 3 is 2.47 bits per heavy atom. The highest BCUT2D eigenvalue weighted by molar-refractivity contribution is 7.91. The predicted octanol–water partition coefficient (Wildman–Crippen LogP) is 0.680. The number of aromatic carboxylic acids is 1. The van der Waals surface area contributed by atoms with Gasteiger partial charge in [-0.2, -0.15) is 0 Å². The van der Waals surface area contributed by atoms with Gasteiger partial charge in [0.2, 0.25) is 0 Å². The molecule has 1 N–H and O–H groups in total. The number of carboxylic acid groups (broad SMARTS) is 1. The Hall–Kier alpha value is -1.63. The van der Waals surface area contributed by atoms with Crippen LogP contribution in [0.25, 0.3) is 0 Å². The molecular formula is C12H17NO5S. The molecule has 0 aromatic carbocycles. The maximum Gasteiger partial charge on any atom is 0.341 e. The summed E-state index contributed by atoms with van der Waals surface area (Å²) in [5.41, 5.74) is -0.473. The van der Waals surface area contributed by atoms with Crippen LogP contribution in [0.2, 0.25) is 0 Å². The van der Waals surface area contributed by atoms with Crippen molar-refractivity contribution in [3.63, 3.8) is 0 Å². The molecule has 7 heteroatoms. The summed E-state index contributed by atoms with van der Waals surface area (Å²) in [6.45, 7) is 3.38. The van der Waals surface area contributed by atoms with E-state index in [1.807, 2.05) is 0 Å². The number of sulfone groups is 1. The lowest BCUT2D eigenvalue weighted by molar-refractivity contribution is 0.0694. The highest BCUT2D eigenvalue weighted by atomic mass is 32.2. The number of carbonyl (C=O) groups is 1. The van der Waals surface area contributed by atoms with Crippen LogP contribution in [0.4, 0.5) is 0 Å². The summed E-state index contributed by atoms with van der Waals surface area (Å²) in [6, 6.07) is 2.73. The van der Waals surface area contributed by atoms with Gasteiger partial charge in [-0.15, -0.1) is 0 Å². The molecule has 6 nitrogen and oxygen atoms in total. The van der Waals surface area contributed by atoms with Gasteiger partial charge in [-0.05, 0) is 25.5 Å². The van der Waals surface area contributed by atoms with Crippen LogP contribution in [0.1, 0.15) is 29.4 Å². The van der Waals surface area contributed by atoms with E-state index in [0.29, 0.717) is 12.1 Å². The van der Waals surface area contributed by atoms with Gasteiger partial charge in [0.25, 0.3) is 5.56 Å². The molecule has 1 rings (SSSR count). The van der Waals surface area contributed by atoms with E-state index in [1.54, 1.807) is 13.8 Å². The molecule has 0 aliphatic carbocycles. The quantitative estimate of drug-likeness (QED) is 0.830. The van der Waals surface area contributed by atoms with Crippen molar-refractivity contribution >= 4 is 15.8 Å². The van der Waals surface area contributed by atoms with Crippen LogP contribution in [0, 0.1) is 6.92 Å². The van der Waals surface area contributed by atoms with Crippen LogP contribution in [-0.2, 0) is 16.4 Å². The normalized spacial score (nSPS) is 11.5. The van der Waals surface area contributed by atoms with Crippen molar-refractivity contribution in [2.75, 3.05) is 11.5 Å². The number of nitrogens with zero attached hydrogens (tertiary/aromatic N) is 1. The molecule has 0 saturated heterocycles. The Morgan fingerprint density at radius 1 is 1.32 bits per heavy atom. The zero-order valence-electron chi connectivity index (χ0n) is 10.9. The number of hydrogen-bond acceptors (Lipinski definition) is 4. The minimum atomic E-state index is -3.20. The molecule has 1 aromatic rings. The molecular weight excluding hydrogens is 270 g/mol. The first-order valence-electron chi connectivity index (χ1n) is 5.92. The van der Waals surface area contributed by atoms with Gasteiger partial charge in [0, 0.05) is 18.0 Å². The molecule has 0 unspecified atom stereocenters. The summed E-state index contributed by atoms with van der Waals surface area (Å²) in [7, 11) is -3.20. The Labute approximate surface area is 111 Å². The van der Waals surface area contributed by atoms with Crippen LogP contribution < -0.4 is 5.56 Å². The zero-order valence-corrected chi connectivity index (χ0v) is 11.7. The summed E-state index contributed by atoms with van der Waals surface area (Å²) in [6.07, 6.45) is 0.519. The predicted molar refractivity (Wildman–Crippen MR) is 71.3 cm³/mol. The molecule has 0 spiro atoms. The number of hydrogen-bond donors (Lipinski definition) is 1. The van der Waals surface area contributed by atoms with E-state index in [4.69, 9.17) is 5.11 Å². The molecule has 1 aromatic heterocycles. The number of aromatic nitrogens is 1. The van der Waals surface area contributed by atoms with E-state index in [-0.39, 0.29) is 23.6 Å². The zero-order chi connectivity index (χ0) is 14.6. The summed E-state index contributed by atoms with van der Waals surface area (Å²) in [5, 5.41) is 8.86.